The van der Waals surface area contributed by atoms with E-state index in [0.717, 1.165) is 30.8 Å². The van der Waals surface area contributed by atoms with E-state index in [2.05, 4.69) is 0 Å². The molecule has 0 radical (unpaired) electrons. The third-order valence-electron chi connectivity index (χ3n) is 3.77. The number of nitrogens with two attached hydrogens (primary N) is 1. The second-order valence-corrected chi connectivity index (χ2v) is 4.90. The molecule has 0 amide bonds. The highest BCUT2D eigenvalue weighted by Gasteiger charge is 2.39. The highest BCUT2D eigenvalue weighted by Crippen LogP contribution is 2.40. The molecule has 1 fully saturated rings. The molecule has 1 saturated heterocycles. The van der Waals surface area contributed by atoms with Crippen LogP contribution in [0.4, 0.5) is 0 Å². The first-order chi connectivity index (χ1) is 8.72. The fourth-order valence-electron chi connectivity index (χ4n) is 2.50. The van der Waals surface area contributed by atoms with Crippen molar-refractivity contribution in [2.75, 3.05) is 26.9 Å². The number of ether oxygens (including phenoxy) is 2. The predicted octanol–water partition coefficient (Wildman–Crippen LogP) is 1.48. The van der Waals surface area contributed by atoms with Crippen LogP contribution in [0.25, 0.3) is 0 Å². The molecule has 0 spiro atoms. The lowest BCUT2D eigenvalue weighted by Crippen LogP contribution is -2.43. The first kappa shape index (κ1) is 13.3. The fourth-order valence-corrected chi connectivity index (χ4v) is 2.50. The summed E-state index contributed by atoms with van der Waals surface area (Å²) in [6.45, 7) is 1.72. The average Bonchev–Trinajstić information content (AvgIpc) is 2.47. The van der Waals surface area contributed by atoms with Gasteiger partial charge in [-0.15, -0.1) is 0 Å². The van der Waals surface area contributed by atoms with Crippen LogP contribution in [0.5, 0.6) is 5.75 Å². The van der Waals surface area contributed by atoms with E-state index in [1.165, 1.54) is 0 Å². The Bertz CT molecular complexity index is 371. The van der Waals surface area contributed by atoms with Crippen molar-refractivity contribution in [1.29, 1.82) is 0 Å². The maximum Gasteiger partial charge on any atom is 0.118 e. The average molecular weight is 251 g/mol. The molecule has 2 unspecified atom stereocenters. The molecular weight excluding hydrogens is 230 g/mol. The molecule has 2 atom stereocenters. The van der Waals surface area contributed by atoms with E-state index in [1.54, 1.807) is 7.11 Å². The minimum atomic E-state index is -0.589. The number of benzene rings is 1. The Hall–Kier alpha value is -1.10. The van der Waals surface area contributed by atoms with Gasteiger partial charge in [-0.3, -0.25) is 0 Å². The van der Waals surface area contributed by atoms with Crippen LogP contribution in [-0.2, 0) is 4.74 Å². The summed E-state index contributed by atoms with van der Waals surface area (Å²) in [4.78, 5) is 0. The molecule has 1 aromatic rings. The number of methoxy groups -OCH3 is 1. The van der Waals surface area contributed by atoms with Crippen molar-refractivity contribution in [3.05, 3.63) is 29.8 Å². The van der Waals surface area contributed by atoms with Gasteiger partial charge in [0.25, 0.3) is 0 Å². The van der Waals surface area contributed by atoms with Crippen LogP contribution in [0.15, 0.2) is 24.3 Å². The minimum Gasteiger partial charge on any atom is -0.497 e. The zero-order chi connectivity index (χ0) is 13.0. The lowest BCUT2D eigenvalue weighted by atomic mass is 9.75. The van der Waals surface area contributed by atoms with E-state index < -0.39 is 6.10 Å². The lowest BCUT2D eigenvalue weighted by molar-refractivity contribution is -0.0782. The van der Waals surface area contributed by atoms with E-state index in [9.17, 15) is 5.11 Å². The van der Waals surface area contributed by atoms with Gasteiger partial charge >= 0.3 is 0 Å². The van der Waals surface area contributed by atoms with Crippen LogP contribution < -0.4 is 10.5 Å². The highest BCUT2D eigenvalue weighted by molar-refractivity contribution is 5.29. The van der Waals surface area contributed by atoms with Gasteiger partial charge in [0.15, 0.2) is 0 Å². The number of hydrogen-bond acceptors (Lipinski definition) is 4. The first-order valence-electron chi connectivity index (χ1n) is 6.32. The molecule has 4 nitrogen and oxygen atoms in total. The topological polar surface area (TPSA) is 64.7 Å². The van der Waals surface area contributed by atoms with Crippen LogP contribution in [-0.4, -0.2) is 32.0 Å². The van der Waals surface area contributed by atoms with Gasteiger partial charge in [0.2, 0.25) is 0 Å². The number of rotatable bonds is 4. The monoisotopic (exact) mass is 251 g/mol. The smallest absolute Gasteiger partial charge is 0.118 e. The van der Waals surface area contributed by atoms with Crippen molar-refractivity contribution in [2.24, 2.45) is 11.1 Å². The molecule has 1 aromatic carbocycles. The summed E-state index contributed by atoms with van der Waals surface area (Å²) < 4.78 is 10.6. The van der Waals surface area contributed by atoms with E-state index in [0.29, 0.717) is 13.2 Å². The summed E-state index contributed by atoms with van der Waals surface area (Å²) in [6.07, 6.45) is 1.26. The molecule has 2 rings (SSSR count). The maximum absolute atomic E-state index is 10.6. The normalized spacial score (nSPS) is 25.7. The molecule has 3 N–H and O–H groups in total. The number of aliphatic hydroxyl groups is 1. The predicted molar refractivity (Wildman–Crippen MR) is 69.5 cm³/mol. The summed E-state index contributed by atoms with van der Waals surface area (Å²) in [5, 5.41) is 10.6. The third kappa shape index (κ3) is 2.51. The number of hydrogen-bond donors (Lipinski definition) is 2. The van der Waals surface area contributed by atoms with E-state index >= 15 is 0 Å². The van der Waals surface area contributed by atoms with Gasteiger partial charge in [-0.1, -0.05) is 12.1 Å². The molecule has 0 aromatic heterocycles. The molecule has 1 heterocycles. The Kier molecular flexibility index (Phi) is 4.22. The SMILES string of the molecule is COc1ccc(C(O)C2(CN)CCCOC2)cc1. The Morgan fingerprint density at radius 1 is 1.44 bits per heavy atom. The van der Waals surface area contributed by atoms with Crippen LogP contribution in [0.1, 0.15) is 24.5 Å². The zero-order valence-electron chi connectivity index (χ0n) is 10.8. The summed E-state index contributed by atoms with van der Waals surface area (Å²) in [5.41, 5.74) is 6.38. The second-order valence-electron chi connectivity index (χ2n) is 4.90. The molecule has 0 saturated carbocycles. The van der Waals surface area contributed by atoms with Crippen LogP contribution in [0.3, 0.4) is 0 Å². The van der Waals surface area contributed by atoms with E-state index in [1.807, 2.05) is 24.3 Å². The second kappa shape index (κ2) is 5.69. The fraction of sp³-hybridized carbons (Fsp3) is 0.571. The Balaban J connectivity index is 2.19. The van der Waals surface area contributed by atoms with Crippen LogP contribution >= 0.6 is 0 Å². The van der Waals surface area contributed by atoms with Crippen LogP contribution in [0.2, 0.25) is 0 Å². The molecule has 1 aliphatic rings. The Morgan fingerprint density at radius 2 is 2.17 bits per heavy atom. The van der Waals surface area contributed by atoms with E-state index in [4.69, 9.17) is 15.2 Å². The molecule has 0 bridgehead atoms. The quantitative estimate of drug-likeness (QED) is 0.851. The van der Waals surface area contributed by atoms with Crippen molar-refractivity contribution in [2.45, 2.75) is 18.9 Å². The summed E-state index contributed by atoms with van der Waals surface area (Å²) >= 11 is 0. The van der Waals surface area contributed by atoms with Crippen LogP contribution in [0, 0.1) is 5.41 Å². The van der Waals surface area contributed by atoms with Crippen molar-refractivity contribution in [1.82, 2.24) is 0 Å². The first-order valence-corrected chi connectivity index (χ1v) is 6.32. The summed E-state index contributed by atoms with van der Waals surface area (Å²) in [7, 11) is 1.63. The summed E-state index contributed by atoms with van der Waals surface area (Å²) in [5.74, 6) is 0.785. The molecule has 0 aliphatic carbocycles. The minimum absolute atomic E-state index is 0.354. The van der Waals surface area contributed by atoms with Gasteiger partial charge in [0.1, 0.15) is 5.75 Å². The largest absolute Gasteiger partial charge is 0.497 e. The third-order valence-corrected chi connectivity index (χ3v) is 3.77. The van der Waals surface area contributed by atoms with Gasteiger partial charge in [-0.2, -0.15) is 0 Å². The standard InChI is InChI=1S/C14H21NO3/c1-17-12-5-3-11(4-6-12)13(16)14(9-15)7-2-8-18-10-14/h3-6,13,16H,2,7-10,15H2,1H3. The van der Waals surface area contributed by atoms with Crippen molar-refractivity contribution >= 4 is 0 Å². The molecule has 18 heavy (non-hydrogen) atoms. The van der Waals surface area contributed by atoms with Crippen molar-refractivity contribution in [3.8, 4) is 5.75 Å². The maximum atomic E-state index is 10.6. The molecular formula is C14H21NO3. The number of aliphatic hydroxyl groups excluding tert-OH is 1. The van der Waals surface area contributed by atoms with Gasteiger partial charge in [-0.05, 0) is 30.5 Å². The Morgan fingerprint density at radius 3 is 2.67 bits per heavy atom. The molecule has 4 heteroatoms. The lowest BCUT2D eigenvalue weighted by Gasteiger charge is -2.40. The van der Waals surface area contributed by atoms with Gasteiger partial charge in [0, 0.05) is 18.6 Å². The van der Waals surface area contributed by atoms with E-state index in [-0.39, 0.29) is 5.41 Å². The van der Waals surface area contributed by atoms with Gasteiger partial charge in [0.05, 0.1) is 19.8 Å². The van der Waals surface area contributed by atoms with Crippen molar-refractivity contribution < 1.29 is 14.6 Å². The van der Waals surface area contributed by atoms with Gasteiger partial charge < -0.3 is 20.3 Å². The Labute approximate surface area is 108 Å². The molecule has 100 valence electrons. The highest BCUT2D eigenvalue weighted by atomic mass is 16.5. The van der Waals surface area contributed by atoms with Gasteiger partial charge in [-0.25, -0.2) is 0 Å². The molecule has 1 aliphatic heterocycles. The van der Waals surface area contributed by atoms with Crippen molar-refractivity contribution in [3.63, 3.8) is 0 Å². The zero-order valence-corrected chi connectivity index (χ0v) is 10.8. The summed E-state index contributed by atoms with van der Waals surface area (Å²) in [6, 6.07) is 7.48.